The number of fused-ring (bicyclic) bond motifs is 1. The lowest BCUT2D eigenvalue weighted by atomic mass is 10.1. The van der Waals surface area contributed by atoms with E-state index in [9.17, 15) is 9.59 Å². The number of carbonyl (C=O) groups excluding carboxylic acids is 1. The van der Waals surface area contributed by atoms with Gasteiger partial charge in [0.2, 0.25) is 5.91 Å². The molecule has 1 amide bonds. The normalized spacial score (nSPS) is 13.9. The minimum Gasteiger partial charge on any atom is -0.486 e. The van der Waals surface area contributed by atoms with Crippen LogP contribution in [0.4, 0.5) is 0 Å². The van der Waals surface area contributed by atoms with Crippen LogP contribution in [0.25, 0.3) is 0 Å². The van der Waals surface area contributed by atoms with Gasteiger partial charge in [-0.1, -0.05) is 17.8 Å². The Labute approximate surface area is 161 Å². The fraction of sp³-hybridized carbons (Fsp3) is 0.421. The Morgan fingerprint density at radius 2 is 2.07 bits per heavy atom. The van der Waals surface area contributed by atoms with Crippen molar-refractivity contribution >= 4 is 17.7 Å². The first-order valence-corrected chi connectivity index (χ1v) is 10.0. The summed E-state index contributed by atoms with van der Waals surface area (Å²) < 4.78 is 11.1. The Kier molecular flexibility index (Phi) is 6.05. The lowest BCUT2D eigenvalue weighted by molar-refractivity contribution is -0.121. The number of aryl methyl sites for hydroxylation is 1. The van der Waals surface area contributed by atoms with E-state index < -0.39 is 0 Å². The minimum atomic E-state index is -0.181. The lowest BCUT2D eigenvalue weighted by Crippen LogP contribution is -2.28. The number of rotatable bonds is 6. The van der Waals surface area contributed by atoms with E-state index in [0.717, 1.165) is 11.3 Å². The maximum atomic E-state index is 12.3. The van der Waals surface area contributed by atoms with Crippen LogP contribution in [0.5, 0.6) is 11.5 Å². The van der Waals surface area contributed by atoms with Gasteiger partial charge in [-0.3, -0.25) is 9.59 Å². The molecule has 144 valence electrons. The van der Waals surface area contributed by atoms with Gasteiger partial charge < -0.3 is 19.8 Å². The number of thioether (sulfide) groups is 1. The van der Waals surface area contributed by atoms with Crippen LogP contribution >= 0.6 is 11.8 Å². The molecule has 1 aliphatic heterocycles. The van der Waals surface area contributed by atoms with Crippen molar-refractivity contribution in [1.29, 1.82) is 0 Å². The number of nitrogens with zero attached hydrogens (tertiary/aromatic N) is 1. The number of benzene rings is 1. The van der Waals surface area contributed by atoms with Gasteiger partial charge in [-0.05, 0) is 44.2 Å². The number of aromatic amines is 1. The summed E-state index contributed by atoms with van der Waals surface area (Å²) in [5, 5.41) is 3.54. The average Bonchev–Trinajstić information content (AvgIpc) is 2.66. The quantitative estimate of drug-likeness (QED) is 0.582. The molecule has 1 aromatic heterocycles. The van der Waals surface area contributed by atoms with Gasteiger partial charge in [0.05, 0.1) is 6.04 Å². The highest BCUT2D eigenvalue weighted by Gasteiger charge is 2.16. The number of nitrogens with one attached hydrogen (secondary N) is 2. The molecule has 1 unspecified atom stereocenters. The Morgan fingerprint density at radius 3 is 2.78 bits per heavy atom. The maximum absolute atomic E-state index is 12.3. The smallest absolute Gasteiger partial charge is 0.254 e. The van der Waals surface area contributed by atoms with E-state index in [-0.39, 0.29) is 23.9 Å². The minimum absolute atomic E-state index is 0.120. The van der Waals surface area contributed by atoms with E-state index in [1.165, 1.54) is 11.8 Å². The van der Waals surface area contributed by atoms with Crippen molar-refractivity contribution in [1.82, 2.24) is 15.3 Å². The van der Waals surface area contributed by atoms with E-state index >= 15 is 0 Å². The summed E-state index contributed by atoms with van der Waals surface area (Å²) in [5.41, 5.74) is 1.97. The van der Waals surface area contributed by atoms with Gasteiger partial charge in [-0.25, -0.2) is 4.98 Å². The molecule has 2 N–H and O–H groups in total. The third-order valence-electron chi connectivity index (χ3n) is 4.44. The second-order valence-corrected chi connectivity index (χ2v) is 7.13. The van der Waals surface area contributed by atoms with E-state index in [1.807, 2.05) is 31.4 Å². The molecule has 0 bridgehead atoms. The van der Waals surface area contributed by atoms with Crippen LogP contribution in [0.3, 0.4) is 0 Å². The average molecular weight is 389 g/mol. The van der Waals surface area contributed by atoms with Crippen molar-refractivity contribution in [2.45, 2.75) is 37.9 Å². The highest BCUT2D eigenvalue weighted by molar-refractivity contribution is 7.98. The zero-order chi connectivity index (χ0) is 19.4. The van der Waals surface area contributed by atoms with Gasteiger partial charge in [0.15, 0.2) is 16.7 Å². The molecule has 1 aliphatic rings. The summed E-state index contributed by atoms with van der Waals surface area (Å²) in [6.07, 6.45) is 2.42. The van der Waals surface area contributed by atoms with Crippen LogP contribution in [0, 0.1) is 6.92 Å². The first kappa shape index (κ1) is 19.3. The molecule has 0 fully saturated rings. The number of ether oxygens (including phenoxy) is 2. The van der Waals surface area contributed by atoms with E-state index in [4.69, 9.17) is 9.47 Å². The van der Waals surface area contributed by atoms with Gasteiger partial charge in [0.1, 0.15) is 13.2 Å². The van der Waals surface area contributed by atoms with E-state index in [1.54, 1.807) is 6.92 Å². The molecule has 27 heavy (non-hydrogen) atoms. The highest BCUT2D eigenvalue weighted by atomic mass is 32.2. The molecular weight excluding hydrogens is 366 g/mol. The molecule has 0 radical (unpaired) electrons. The maximum Gasteiger partial charge on any atom is 0.254 e. The molecule has 3 rings (SSSR count). The predicted octanol–water partition coefficient (Wildman–Crippen LogP) is 2.38. The number of carbonyl (C=O) groups is 1. The molecule has 8 heteroatoms. The van der Waals surface area contributed by atoms with Crippen LogP contribution in [0.2, 0.25) is 0 Å². The van der Waals surface area contributed by atoms with Gasteiger partial charge in [0, 0.05) is 17.7 Å². The summed E-state index contributed by atoms with van der Waals surface area (Å²) in [5.74, 6) is 1.30. The van der Waals surface area contributed by atoms with Crippen LogP contribution in [-0.4, -0.2) is 35.3 Å². The number of hydrogen-bond acceptors (Lipinski definition) is 6. The van der Waals surface area contributed by atoms with Crippen LogP contribution in [0.1, 0.15) is 36.2 Å². The van der Waals surface area contributed by atoms with Crippen LogP contribution in [-0.2, 0) is 11.2 Å². The third kappa shape index (κ3) is 4.63. The van der Waals surface area contributed by atoms with Crippen LogP contribution in [0.15, 0.2) is 28.2 Å². The monoisotopic (exact) mass is 389 g/mol. The summed E-state index contributed by atoms with van der Waals surface area (Å²) in [6, 6.07) is 5.48. The molecular formula is C19H23N3O4S. The van der Waals surface area contributed by atoms with Gasteiger partial charge in [0.25, 0.3) is 5.56 Å². The number of hydrogen-bond donors (Lipinski definition) is 2. The Bertz CT molecular complexity index is 897. The fourth-order valence-corrected chi connectivity index (χ4v) is 3.36. The lowest BCUT2D eigenvalue weighted by Gasteiger charge is -2.21. The summed E-state index contributed by atoms with van der Waals surface area (Å²) in [4.78, 5) is 31.5. The van der Waals surface area contributed by atoms with Crippen molar-refractivity contribution in [2.24, 2.45) is 0 Å². The molecule has 2 heterocycles. The molecule has 2 aromatic rings. The van der Waals surface area contributed by atoms with Crippen molar-refractivity contribution in [3.05, 3.63) is 45.4 Å². The van der Waals surface area contributed by atoms with E-state index in [2.05, 4.69) is 15.3 Å². The van der Waals surface area contributed by atoms with Crippen molar-refractivity contribution in [3.63, 3.8) is 0 Å². The van der Waals surface area contributed by atoms with Crippen molar-refractivity contribution < 1.29 is 14.3 Å². The standard InChI is InChI=1S/C19H23N3O4S/c1-11(13-4-6-15-16(10-13)26-9-8-25-15)20-17(23)7-5-14-12(2)21-19(27-3)22-18(14)24/h4,6,10-11H,5,7-9H2,1-3H3,(H,20,23)(H,21,22,24). The zero-order valence-corrected chi connectivity index (χ0v) is 16.4. The van der Waals surface area contributed by atoms with Crippen molar-refractivity contribution in [3.8, 4) is 11.5 Å². The topological polar surface area (TPSA) is 93.3 Å². The Balaban J connectivity index is 1.60. The molecule has 0 saturated heterocycles. The fourth-order valence-electron chi connectivity index (χ4n) is 2.94. The second-order valence-electron chi connectivity index (χ2n) is 6.33. The molecule has 0 spiro atoms. The summed E-state index contributed by atoms with van der Waals surface area (Å²) >= 11 is 1.38. The van der Waals surface area contributed by atoms with E-state index in [0.29, 0.717) is 41.8 Å². The van der Waals surface area contributed by atoms with Crippen molar-refractivity contribution in [2.75, 3.05) is 19.5 Å². The second kappa shape index (κ2) is 8.47. The van der Waals surface area contributed by atoms with Gasteiger partial charge >= 0.3 is 0 Å². The Morgan fingerprint density at radius 1 is 1.33 bits per heavy atom. The largest absolute Gasteiger partial charge is 0.486 e. The molecule has 0 aliphatic carbocycles. The zero-order valence-electron chi connectivity index (χ0n) is 15.6. The Hall–Kier alpha value is -2.48. The van der Waals surface area contributed by atoms with Gasteiger partial charge in [-0.2, -0.15) is 0 Å². The molecule has 0 saturated carbocycles. The molecule has 1 atom stereocenters. The highest BCUT2D eigenvalue weighted by Crippen LogP contribution is 2.32. The molecule has 1 aromatic carbocycles. The SMILES string of the molecule is CSc1nc(C)c(CCC(=O)NC(C)c2ccc3c(c2)OCCO3)c(=O)[nH]1. The number of H-pyrrole nitrogens is 1. The predicted molar refractivity (Wildman–Crippen MR) is 104 cm³/mol. The van der Waals surface area contributed by atoms with Gasteiger partial charge in [-0.15, -0.1) is 0 Å². The first-order chi connectivity index (χ1) is 13.0. The summed E-state index contributed by atoms with van der Waals surface area (Å²) in [6.45, 7) is 4.77. The van der Waals surface area contributed by atoms with Crippen LogP contribution < -0.4 is 20.3 Å². The number of aromatic nitrogens is 2. The number of amides is 1. The molecule has 7 nitrogen and oxygen atoms in total. The summed E-state index contributed by atoms with van der Waals surface area (Å²) in [7, 11) is 0. The first-order valence-electron chi connectivity index (χ1n) is 8.80. The third-order valence-corrected chi connectivity index (χ3v) is 5.02.